The minimum atomic E-state index is -0.195. The van der Waals surface area contributed by atoms with Gasteiger partial charge in [0.05, 0.1) is 30.4 Å². The number of thioether (sulfide) groups is 1. The molecule has 1 N–H and O–H groups in total. The first kappa shape index (κ1) is 26.4. The fourth-order valence-electron chi connectivity index (χ4n) is 4.01. The summed E-state index contributed by atoms with van der Waals surface area (Å²) in [6.07, 6.45) is 3.95. The number of hydrogen-bond acceptors (Lipinski definition) is 5. The van der Waals surface area contributed by atoms with Crippen LogP contribution in [0.2, 0.25) is 0 Å². The van der Waals surface area contributed by atoms with Gasteiger partial charge in [0.15, 0.2) is 0 Å². The van der Waals surface area contributed by atoms with Crippen LogP contribution in [-0.4, -0.2) is 32.6 Å². The average Bonchev–Trinajstić information content (AvgIpc) is 2.92. The zero-order valence-electron chi connectivity index (χ0n) is 21.6. The van der Waals surface area contributed by atoms with Gasteiger partial charge in [-0.1, -0.05) is 55.4 Å². The second-order valence-corrected chi connectivity index (χ2v) is 9.95. The van der Waals surface area contributed by atoms with Crippen LogP contribution in [0.1, 0.15) is 54.2 Å². The lowest BCUT2D eigenvalue weighted by Gasteiger charge is -2.27. The van der Waals surface area contributed by atoms with E-state index in [0.717, 1.165) is 34.6 Å². The Kier molecular flexibility index (Phi) is 8.56. The van der Waals surface area contributed by atoms with Crippen molar-refractivity contribution in [2.24, 2.45) is 0 Å². The van der Waals surface area contributed by atoms with E-state index in [9.17, 15) is 9.59 Å². The molecule has 192 valence electrons. The molecule has 0 aromatic heterocycles. The van der Waals surface area contributed by atoms with Crippen LogP contribution < -0.4 is 19.7 Å². The van der Waals surface area contributed by atoms with Gasteiger partial charge in [0.1, 0.15) is 11.5 Å². The number of rotatable bonds is 9. The number of hydrogen-bond donors (Lipinski definition) is 1. The normalized spacial score (nSPS) is 14.8. The van der Waals surface area contributed by atoms with E-state index in [2.05, 4.69) is 12.2 Å². The van der Waals surface area contributed by atoms with E-state index in [0.29, 0.717) is 28.5 Å². The summed E-state index contributed by atoms with van der Waals surface area (Å²) in [5, 5.41) is 3.06. The van der Waals surface area contributed by atoms with E-state index in [1.54, 1.807) is 31.2 Å². The number of unbranched alkanes of at least 4 members (excludes halogenated alkanes) is 1. The van der Waals surface area contributed by atoms with Gasteiger partial charge in [0, 0.05) is 23.1 Å². The Morgan fingerprint density at radius 1 is 1.11 bits per heavy atom. The van der Waals surface area contributed by atoms with Gasteiger partial charge in [0.2, 0.25) is 0 Å². The Morgan fingerprint density at radius 2 is 1.86 bits per heavy atom. The molecule has 1 atom stereocenters. The number of methoxy groups -OCH3 is 1. The lowest BCUT2D eigenvalue weighted by atomic mass is 10.1. The van der Waals surface area contributed by atoms with E-state index in [1.807, 2.05) is 67.6 Å². The summed E-state index contributed by atoms with van der Waals surface area (Å²) in [5.74, 6) is 1.21. The minimum absolute atomic E-state index is 0.129. The molecule has 1 heterocycles. The average molecular weight is 517 g/mol. The molecule has 0 saturated carbocycles. The molecule has 6 nitrogen and oxygen atoms in total. The first-order valence-corrected chi connectivity index (χ1v) is 13.2. The third-order valence-corrected chi connectivity index (χ3v) is 7.32. The second kappa shape index (κ2) is 12.0. The largest absolute Gasteiger partial charge is 0.496 e. The summed E-state index contributed by atoms with van der Waals surface area (Å²) in [4.78, 5) is 29.3. The fraction of sp³-hybridized carbons (Fsp3) is 0.267. The van der Waals surface area contributed by atoms with Gasteiger partial charge in [-0.3, -0.25) is 9.59 Å². The molecule has 3 aromatic rings. The zero-order valence-corrected chi connectivity index (χ0v) is 22.4. The predicted octanol–water partition coefficient (Wildman–Crippen LogP) is 6.47. The van der Waals surface area contributed by atoms with Crippen molar-refractivity contribution in [2.75, 3.05) is 25.7 Å². The Labute approximate surface area is 222 Å². The summed E-state index contributed by atoms with van der Waals surface area (Å²) >= 11 is 1.39. The van der Waals surface area contributed by atoms with Crippen LogP contribution in [0.4, 0.5) is 5.69 Å². The number of nitrogens with one attached hydrogen (secondary N) is 1. The lowest BCUT2D eigenvalue weighted by Crippen LogP contribution is -2.31. The number of carbonyl (C=O) groups excluding carboxylic acids is 2. The molecule has 1 aliphatic rings. The van der Waals surface area contributed by atoms with Crippen LogP contribution in [0.3, 0.4) is 0 Å². The highest BCUT2D eigenvalue weighted by Gasteiger charge is 2.28. The predicted molar refractivity (Wildman–Crippen MR) is 149 cm³/mol. The van der Waals surface area contributed by atoms with Crippen molar-refractivity contribution >= 4 is 35.3 Å². The van der Waals surface area contributed by atoms with Crippen LogP contribution in [0.25, 0.3) is 6.08 Å². The van der Waals surface area contributed by atoms with Gasteiger partial charge in [-0.05, 0) is 61.4 Å². The van der Waals surface area contributed by atoms with Gasteiger partial charge in [-0.15, -0.1) is 0 Å². The summed E-state index contributed by atoms with van der Waals surface area (Å²) in [5.41, 5.74) is 3.04. The number of fused-ring (bicyclic) bond motifs is 1. The number of para-hydroxylation sites is 1. The number of amides is 2. The maximum atomic E-state index is 13.1. The number of benzene rings is 3. The second-order valence-electron chi connectivity index (χ2n) is 8.87. The Bertz CT molecular complexity index is 1300. The summed E-state index contributed by atoms with van der Waals surface area (Å²) in [7, 11) is 3.34. The molecule has 0 aliphatic carbocycles. The van der Waals surface area contributed by atoms with E-state index in [4.69, 9.17) is 9.47 Å². The van der Waals surface area contributed by atoms with Crippen LogP contribution in [0.15, 0.2) is 76.5 Å². The first-order valence-electron chi connectivity index (χ1n) is 12.4. The minimum Gasteiger partial charge on any atom is -0.496 e. The molecular weight excluding hydrogens is 484 g/mol. The zero-order chi connectivity index (χ0) is 26.4. The molecule has 1 unspecified atom stereocenters. The SMILES string of the molecule is CCCCOc1ccc(C(C)NC(=O)c2ccc3c(c2)N(C)C(=O)C(=Cc2ccccc2OC)S3)cc1. The molecule has 0 saturated heterocycles. The topological polar surface area (TPSA) is 67.9 Å². The molecular formula is C30H32N2O4S. The summed E-state index contributed by atoms with van der Waals surface area (Å²) in [6, 6.07) is 20.7. The molecule has 0 radical (unpaired) electrons. The number of anilines is 1. The van der Waals surface area contributed by atoms with Crippen molar-refractivity contribution < 1.29 is 19.1 Å². The molecule has 2 amide bonds. The van der Waals surface area contributed by atoms with Crippen LogP contribution >= 0.6 is 11.8 Å². The van der Waals surface area contributed by atoms with Crippen molar-refractivity contribution in [1.82, 2.24) is 5.32 Å². The highest BCUT2D eigenvalue weighted by atomic mass is 32.2. The lowest BCUT2D eigenvalue weighted by molar-refractivity contribution is -0.114. The van der Waals surface area contributed by atoms with E-state index >= 15 is 0 Å². The summed E-state index contributed by atoms with van der Waals surface area (Å²) < 4.78 is 11.1. The number of likely N-dealkylation sites (N-methyl/N-ethyl adjacent to an activating group) is 1. The summed E-state index contributed by atoms with van der Waals surface area (Å²) in [6.45, 7) is 4.78. The van der Waals surface area contributed by atoms with Crippen molar-refractivity contribution in [3.05, 3.63) is 88.3 Å². The number of nitrogens with zero attached hydrogens (tertiary/aromatic N) is 1. The third-order valence-electron chi connectivity index (χ3n) is 6.24. The van der Waals surface area contributed by atoms with Crippen LogP contribution in [0, 0.1) is 0 Å². The molecule has 3 aromatic carbocycles. The van der Waals surface area contributed by atoms with Gasteiger partial charge in [0.25, 0.3) is 11.8 Å². The highest BCUT2D eigenvalue weighted by molar-refractivity contribution is 8.04. The Morgan fingerprint density at radius 3 is 2.59 bits per heavy atom. The molecule has 37 heavy (non-hydrogen) atoms. The molecule has 0 fully saturated rings. The monoisotopic (exact) mass is 516 g/mol. The van der Waals surface area contributed by atoms with Crippen molar-refractivity contribution in [3.63, 3.8) is 0 Å². The van der Waals surface area contributed by atoms with Crippen molar-refractivity contribution in [1.29, 1.82) is 0 Å². The first-order chi connectivity index (χ1) is 17.9. The smallest absolute Gasteiger partial charge is 0.264 e. The van der Waals surface area contributed by atoms with Crippen LogP contribution in [-0.2, 0) is 4.79 Å². The molecule has 0 bridgehead atoms. The standard InChI is InChI=1S/C30H32N2O4S/c1-5-6-17-36-24-14-11-21(12-15-24)20(2)31-29(33)23-13-16-27-25(18-23)32(3)30(34)28(37-27)19-22-9-7-8-10-26(22)35-4/h7-16,18-20H,5-6,17H2,1-4H3,(H,31,33). The van der Waals surface area contributed by atoms with E-state index in [1.165, 1.54) is 11.8 Å². The number of carbonyl (C=O) groups is 2. The maximum Gasteiger partial charge on any atom is 0.264 e. The molecule has 7 heteroatoms. The molecule has 1 aliphatic heterocycles. The van der Waals surface area contributed by atoms with Crippen molar-refractivity contribution in [3.8, 4) is 11.5 Å². The van der Waals surface area contributed by atoms with Gasteiger partial charge >= 0.3 is 0 Å². The van der Waals surface area contributed by atoms with Crippen LogP contribution in [0.5, 0.6) is 11.5 Å². The molecule has 0 spiro atoms. The van der Waals surface area contributed by atoms with Gasteiger partial charge in [-0.25, -0.2) is 0 Å². The number of ether oxygens (including phenoxy) is 2. The van der Waals surface area contributed by atoms with Gasteiger partial charge < -0.3 is 19.7 Å². The third kappa shape index (κ3) is 6.17. The maximum absolute atomic E-state index is 13.1. The van der Waals surface area contributed by atoms with E-state index in [-0.39, 0.29) is 17.9 Å². The van der Waals surface area contributed by atoms with Crippen molar-refractivity contribution in [2.45, 2.75) is 37.6 Å². The highest BCUT2D eigenvalue weighted by Crippen LogP contribution is 2.42. The molecule has 4 rings (SSSR count). The Balaban J connectivity index is 1.47. The van der Waals surface area contributed by atoms with Gasteiger partial charge in [-0.2, -0.15) is 0 Å². The fourth-order valence-corrected chi connectivity index (χ4v) is 5.10. The quantitative estimate of drug-likeness (QED) is 0.261. The Hall–Kier alpha value is -3.71. The van der Waals surface area contributed by atoms with E-state index < -0.39 is 0 Å².